The lowest BCUT2D eigenvalue weighted by molar-refractivity contribution is 0.0661. The average molecular weight is 229 g/mol. The second-order valence-corrected chi connectivity index (χ2v) is 4.52. The van der Waals surface area contributed by atoms with Crippen LogP contribution in [0.2, 0.25) is 0 Å². The van der Waals surface area contributed by atoms with Crippen LogP contribution < -0.4 is 5.73 Å². The number of aryl methyl sites for hydroxylation is 1. The molecule has 0 saturated carbocycles. The Morgan fingerprint density at radius 2 is 2.40 bits per heavy atom. The van der Waals surface area contributed by atoms with E-state index in [-0.39, 0.29) is 11.8 Å². The normalized spacial score (nSPS) is 12.7. The first-order valence-corrected chi connectivity index (χ1v) is 5.82. The van der Waals surface area contributed by atoms with E-state index in [4.69, 9.17) is 15.3 Å². The van der Waals surface area contributed by atoms with Crippen LogP contribution in [-0.2, 0) is 5.75 Å². The summed E-state index contributed by atoms with van der Waals surface area (Å²) in [6.45, 7) is 3.71. The maximum Gasteiger partial charge on any atom is 0.371 e. The van der Waals surface area contributed by atoms with Crippen LogP contribution >= 0.6 is 11.8 Å². The SMILES string of the molecule is Cc1oc(C(=O)O)cc1CSCC(C)N. The first-order chi connectivity index (χ1) is 7.00. The third-order valence-corrected chi connectivity index (χ3v) is 3.15. The summed E-state index contributed by atoms with van der Waals surface area (Å²) in [6, 6.07) is 1.73. The smallest absolute Gasteiger partial charge is 0.371 e. The van der Waals surface area contributed by atoms with Gasteiger partial charge in [-0.05, 0) is 19.9 Å². The molecule has 0 spiro atoms. The average Bonchev–Trinajstić information content (AvgIpc) is 2.47. The van der Waals surface area contributed by atoms with Gasteiger partial charge < -0.3 is 15.3 Å². The summed E-state index contributed by atoms with van der Waals surface area (Å²) in [4.78, 5) is 10.6. The molecule has 0 fully saturated rings. The van der Waals surface area contributed by atoms with Crippen molar-refractivity contribution in [1.29, 1.82) is 0 Å². The minimum Gasteiger partial charge on any atom is -0.475 e. The van der Waals surface area contributed by atoms with Crippen LogP contribution in [-0.4, -0.2) is 22.9 Å². The van der Waals surface area contributed by atoms with E-state index in [2.05, 4.69) is 0 Å². The van der Waals surface area contributed by atoms with Crippen LogP contribution in [0.25, 0.3) is 0 Å². The van der Waals surface area contributed by atoms with Crippen LogP contribution in [0.4, 0.5) is 0 Å². The lowest BCUT2D eigenvalue weighted by Gasteiger charge is -2.03. The largest absolute Gasteiger partial charge is 0.475 e. The number of hydrogen-bond acceptors (Lipinski definition) is 4. The molecule has 4 nitrogen and oxygen atoms in total. The second-order valence-electron chi connectivity index (χ2n) is 3.49. The Balaban J connectivity index is 2.57. The summed E-state index contributed by atoms with van der Waals surface area (Å²) in [5.41, 5.74) is 6.54. The molecule has 1 atom stereocenters. The van der Waals surface area contributed by atoms with Gasteiger partial charge in [-0.1, -0.05) is 0 Å². The zero-order valence-electron chi connectivity index (χ0n) is 8.82. The molecule has 0 aromatic carbocycles. The molecule has 84 valence electrons. The van der Waals surface area contributed by atoms with E-state index in [0.29, 0.717) is 5.76 Å². The minimum atomic E-state index is -1.03. The minimum absolute atomic E-state index is 0.00361. The van der Waals surface area contributed by atoms with Crippen molar-refractivity contribution in [3.8, 4) is 0 Å². The lowest BCUT2D eigenvalue weighted by atomic mass is 10.3. The number of furan rings is 1. The van der Waals surface area contributed by atoms with Crippen molar-refractivity contribution >= 4 is 17.7 Å². The van der Waals surface area contributed by atoms with E-state index in [1.807, 2.05) is 6.92 Å². The van der Waals surface area contributed by atoms with Crippen molar-refractivity contribution < 1.29 is 14.3 Å². The number of hydrogen-bond donors (Lipinski definition) is 2. The highest BCUT2D eigenvalue weighted by atomic mass is 32.2. The molecule has 15 heavy (non-hydrogen) atoms. The number of rotatable bonds is 5. The molecule has 0 radical (unpaired) electrons. The molecule has 0 bridgehead atoms. The highest BCUT2D eigenvalue weighted by Crippen LogP contribution is 2.20. The zero-order valence-corrected chi connectivity index (χ0v) is 9.63. The van der Waals surface area contributed by atoms with Crippen molar-refractivity contribution in [3.05, 3.63) is 23.2 Å². The number of carbonyl (C=O) groups is 1. The molecule has 0 saturated heterocycles. The Kier molecular flexibility index (Phi) is 4.23. The fraction of sp³-hybridized carbons (Fsp3) is 0.500. The maximum atomic E-state index is 10.6. The molecule has 1 heterocycles. The molecular weight excluding hydrogens is 214 g/mol. The molecule has 1 aromatic heterocycles. The molecule has 5 heteroatoms. The Hall–Kier alpha value is -0.940. The van der Waals surface area contributed by atoms with Crippen LogP contribution in [0.3, 0.4) is 0 Å². The van der Waals surface area contributed by atoms with Gasteiger partial charge in [0.1, 0.15) is 5.76 Å². The van der Waals surface area contributed by atoms with Crippen molar-refractivity contribution in [2.75, 3.05) is 5.75 Å². The monoisotopic (exact) mass is 229 g/mol. The first-order valence-electron chi connectivity index (χ1n) is 4.66. The molecule has 1 rings (SSSR count). The topological polar surface area (TPSA) is 76.5 Å². The van der Waals surface area contributed by atoms with Crippen LogP contribution in [0, 0.1) is 6.92 Å². The van der Waals surface area contributed by atoms with E-state index in [1.165, 1.54) is 0 Å². The van der Waals surface area contributed by atoms with E-state index in [0.717, 1.165) is 17.1 Å². The molecule has 1 aromatic rings. The summed E-state index contributed by atoms with van der Waals surface area (Å²) in [6.07, 6.45) is 0. The fourth-order valence-corrected chi connectivity index (χ4v) is 2.12. The fourth-order valence-electron chi connectivity index (χ4n) is 1.12. The molecule has 1 unspecified atom stereocenters. The Morgan fingerprint density at radius 1 is 1.73 bits per heavy atom. The van der Waals surface area contributed by atoms with Crippen molar-refractivity contribution in [2.45, 2.75) is 25.6 Å². The summed E-state index contributed by atoms with van der Waals surface area (Å²) in [7, 11) is 0. The highest BCUT2D eigenvalue weighted by Gasteiger charge is 2.12. The van der Waals surface area contributed by atoms with Gasteiger partial charge in [0.2, 0.25) is 5.76 Å². The summed E-state index contributed by atoms with van der Waals surface area (Å²) in [5.74, 6) is 1.24. The van der Waals surface area contributed by atoms with E-state index >= 15 is 0 Å². The number of carboxylic acid groups (broad SMARTS) is 1. The number of carboxylic acids is 1. The van der Waals surface area contributed by atoms with Crippen molar-refractivity contribution in [3.63, 3.8) is 0 Å². The maximum absolute atomic E-state index is 10.6. The van der Waals surface area contributed by atoms with Gasteiger partial charge in [0, 0.05) is 23.1 Å². The van der Waals surface area contributed by atoms with Gasteiger partial charge in [-0.15, -0.1) is 0 Å². The van der Waals surface area contributed by atoms with Crippen molar-refractivity contribution in [1.82, 2.24) is 0 Å². The van der Waals surface area contributed by atoms with Gasteiger partial charge in [-0.3, -0.25) is 0 Å². The Labute approximate surface area is 92.8 Å². The lowest BCUT2D eigenvalue weighted by Crippen LogP contribution is -2.17. The molecular formula is C10H15NO3S. The predicted molar refractivity (Wildman–Crippen MR) is 60.2 cm³/mol. The summed E-state index contributed by atoms with van der Waals surface area (Å²) < 4.78 is 5.09. The van der Waals surface area contributed by atoms with Gasteiger partial charge in [0.05, 0.1) is 0 Å². The molecule has 0 aliphatic rings. The van der Waals surface area contributed by atoms with Gasteiger partial charge >= 0.3 is 5.97 Å². The van der Waals surface area contributed by atoms with Crippen LogP contribution in [0.1, 0.15) is 28.8 Å². The third-order valence-electron chi connectivity index (χ3n) is 1.87. The molecule has 0 aliphatic carbocycles. The summed E-state index contributed by atoms with van der Waals surface area (Å²) in [5, 5.41) is 8.72. The standard InChI is InChI=1S/C10H15NO3S/c1-6(11)4-15-5-8-3-9(10(12)13)14-7(8)2/h3,6H,4-5,11H2,1-2H3,(H,12,13). The van der Waals surface area contributed by atoms with E-state index in [9.17, 15) is 4.79 Å². The van der Waals surface area contributed by atoms with Crippen molar-refractivity contribution in [2.24, 2.45) is 5.73 Å². The van der Waals surface area contributed by atoms with Gasteiger partial charge in [0.15, 0.2) is 0 Å². The molecule has 3 N–H and O–H groups in total. The number of thioether (sulfide) groups is 1. The van der Waals surface area contributed by atoms with Crippen LogP contribution in [0.5, 0.6) is 0 Å². The van der Waals surface area contributed by atoms with E-state index < -0.39 is 5.97 Å². The number of nitrogens with two attached hydrogens (primary N) is 1. The van der Waals surface area contributed by atoms with Crippen LogP contribution in [0.15, 0.2) is 10.5 Å². The zero-order chi connectivity index (χ0) is 11.4. The molecule has 0 aliphatic heterocycles. The molecule has 0 amide bonds. The van der Waals surface area contributed by atoms with Gasteiger partial charge in [0.25, 0.3) is 0 Å². The van der Waals surface area contributed by atoms with Gasteiger partial charge in [-0.2, -0.15) is 11.8 Å². The van der Waals surface area contributed by atoms with E-state index in [1.54, 1.807) is 24.8 Å². The number of aromatic carboxylic acids is 1. The van der Waals surface area contributed by atoms with Gasteiger partial charge in [-0.25, -0.2) is 4.79 Å². The highest BCUT2D eigenvalue weighted by molar-refractivity contribution is 7.98. The third kappa shape index (κ3) is 3.60. The summed E-state index contributed by atoms with van der Waals surface area (Å²) >= 11 is 1.68. The Morgan fingerprint density at radius 3 is 2.87 bits per heavy atom. The predicted octanol–water partition coefficient (Wildman–Crippen LogP) is 1.87. The first kappa shape index (κ1) is 12.1. The quantitative estimate of drug-likeness (QED) is 0.806. The Bertz CT molecular complexity index is 346. The second kappa shape index (κ2) is 5.23.